The van der Waals surface area contributed by atoms with Crippen molar-refractivity contribution in [2.24, 2.45) is 11.3 Å². The Balaban J connectivity index is 1.68. The zero-order chi connectivity index (χ0) is 18.5. The number of carboxylic acid groups (broad SMARTS) is 1. The number of aromatic nitrogens is 1. The number of aryl methyl sites for hydroxylation is 2. The molecule has 0 bridgehead atoms. The quantitative estimate of drug-likeness (QED) is 0.885. The van der Waals surface area contributed by atoms with Gasteiger partial charge in [0.15, 0.2) is 5.89 Å². The fourth-order valence-corrected chi connectivity index (χ4v) is 4.05. The molecule has 2 aliphatic rings. The molecule has 3 heterocycles. The second-order valence-corrected chi connectivity index (χ2v) is 7.09. The number of aliphatic carboxylic acids is 1. The van der Waals surface area contributed by atoms with Gasteiger partial charge in [0.1, 0.15) is 5.75 Å². The summed E-state index contributed by atoms with van der Waals surface area (Å²) in [7, 11) is 0. The second kappa shape index (κ2) is 5.86. The molecule has 1 aromatic carbocycles. The van der Waals surface area contributed by atoms with Gasteiger partial charge in [0.05, 0.1) is 17.7 Å². The molecule has 2 atom stereocenters. The number of amides is 1. The number of nitrogens with zero attached hydrogens (tertiary/aromatic N) is 2. The Hall–Kier alpha value is -2.83. The van der Waals surface area contributed by atoms with Gasteiger partial charge in [-0.3, -0.25) is 9.59 Å². The van der Waals surface area contributed by atoms with Gasteiger partial charge in [-0.25, -0.2) is 4.98 Å². The van der Waals surface area contributed by atoms with Gasteiger partial charge in [0.25, 0.3) is 5.91 Å². The molecule has 1 amide bonds. The molecule has 26 heavy (non-hydrogen) atoms. The Morgan fingerprint density at radius 1 is 1.31 bits per heavy atom. The molecule has 0 aliphatic carbocycles. The second-order valence-electron chi connectivity index (χ2n) is 7.09. The number of oxazole rings is 1. The van der Waals surface area contributed by atoms with Crippen molar-refractivity contribution in [3.05, 3.63) is 47.2 Å². The molecule has 136 valence electrons. The number of benzene rings is 1. The Bertz CT molecular complexity index is 890. The highest BCUT2D eigenvalue weighted by molar-refractivity contribution is 5.93. The predicted molar refractivity (Wildman–Crippen MR) is 91.1 cm³/mol. The maximum atomic E-state index is 12.9. The van der Waals surface area contributed by atoms with E-state index in [1.165, 1.54) is 0 Å². The third kappa shape index (κ3) is 2.46. The average molecular weight is 356 g/mol. The van der Waals surface area contributed by atoms with Crippen LogP contribution in [0, 0.1) is 25.2 Å². The first-order valence-corrected chi connectivity index (χ1v) is 8.58. The first kappa shape index (κ1) is 16.6. The molecule has 2 aliphatic heterocycles. The van der Waals surface area contributed by atoms with Crippen LogP contribution in [0.2, 0.25) is 0 Å². The van der Waals surface area contributed by atoms with Crippen LogP contribution in [-0.2, 0) is 11.2 Å². The van der Waals surface area contributed by atoms with Gasteiger partial charge in [-0.15, -0.1) is 0 Å². The first-order chi connectivity index (χ1) is 12.4. The normalized spacial score (nSPS) is 24.4. The van der Waals surface area contributed by atoms with Crippen molar-refractivity contribution in [1.29, 1.82) is 0 Å². The number of fused-ring (bicyclic) bond motifs is 2. The van der Waals surface area contributed by atoms with Crippen LogP contribution in [0.25, 0.3) is 0 Å². The van der Waals surface area contributed by atoms with E-state index >= 15 is 0 Å². The smallest absolute Gasteiger partial charge is 0.312 e. The molecule has 0 unspecified atom stereocenters. The highest BCUT2D eigenvalue weighted by Gasteiger charge is 2.55. The number of carbonyl (C=O) groups is 2. The highest BCUT2D eigenvalue weighted by Crippen LogP contribution is 2.44. The lowest BCUT2D eigenvalue weighted by atomic mass is 9.74. The number of ether oxygens (including phenoxy) is 1. The first-order valence-electron chi connectivity index (χ1n) is 8.58. The summed E-state index contributed by atoms with van der Waals surface area (Å²) in [6, 6.07) is 7.49. The van der Waals surface area contributed by atoms with Crippen LogP contribution in [0.4, 0.5) is 0 Å². The van der Waals surface area contributed by atoms with E-state index in [2.05, 4.69) is 4.98 Å². The summed E-state index contributed by atoms with van der Waals surface area (Å²) in [6.07, 6.45) is 0.335. The largest absolute Gasteiger partial charge is 0.493 e. The van der Waals surface area contributed by atoms with Crippen molar-refractivity contribution in [2.75, 3.05) is 19.7 Å². The minimum absolute atomic E-state index is 0.128. The van der Waals surface area contributed by atoms with Gasteiger partial charge < -0.3 is 19.2 Å². The van der Waals surface area contributed by atoms with Crippen molar-refractivity contribution in [3.63, 3.8) is 0 Å². The van der Waals surface area contributed by atoms with Gasteiger partial charge in [0, 0.05) is 25.9 Å². The third-order valence-corrected chi connectivity index (χ3v) is 5.42. The zero-order valence-corrected chi connectivity index (χ0v) is 14.7. The predicted octanol–water partition coefficient (Wildman–Crippen LogP) is 2.07. The molecule has 1 fully saturated rings. The summed E-state index contributed by atoms with van der Waals surface area (Å²) in [4.78, 5) is 30.8. The number of carboxylic acids is 1. The number of hydrogen-bond donors (Lipinski definition) is 1. The summed E-state index contributed by atoms with van der Waals surface area (Å²) >= 11 is 0. The monoisotopic (exact) mass is 356 g/mol. The van der Waals surface area contributed by atoms with Gasteiger partial charge in [-0.1, -0.05) is 18.2 Å². The van der Waals surface area contributed by atoms with Crippen LogP contribution in [0.15, 0.2) is 28.7 Å². The number of carbonyl (C=O) groups excluding carboxylic acids is 1. The van der Waals surface area contributed by atoms with Crippen molar-refractivity contribution in [1.82, 2.24) is 9.88 Å². The average Bonchev–Trinajstić information content (AvgIpc) is 3.09. The Labute approximate surface area is 150 Å². The summed E-state index contributed by atoms with van der Waals surface area (Å²) in [5, 5.41) is 10.0. The number of likely N-dealkylation sites (tertiary alicyclic amines) is 1. The molecule has 0 radical (unpaired) electrons. The standard InChI is InChI=1S/C19H20N2O5/c1-11-16(26-12(2)20-11)17(22)21-8-14-9-25-15-6-4-3-5-13(15)7-19(14,10-21)18(23)24/h3-6,14H,7-10H2,1-2H3,(H,23,24)/t14-,19+/m1/s1. The minimum Gasteiger partial charge on any atom is -0.493 e. The van der Waals surface area contributed by atoms with Crippen LogP contribution in [0.5, 0.6) is 5.75 Å². The SMILES string of the molecule is Cc1nc(C)c(C(=O)N2C[C@@H]3COc4ccccc4C[C@]3(C(=O)O)C2)o1. The number of para-hydroxylation sites is 1. The van der Waals surface area contributed by atoms with Gasteiger partial charge in [0.2, 0.25) is 5.76 Å². The van der Waals surface area contributed by atoms with E-state index in [-0.39, 0.29) is 30.7 Å². The minimum atomic E-state index is -1.06. The molecule has 7 nitrogen and oxygen atoms in total. The van der Waals surface area contributed by atoms with Crippen LogP contribution in [-0.4, -0.2) is 46.6 Å². The van der Waals surface area contributed by atoms with Crippen molar-refractivity contribution in [2.45, 2.75) is 20.3 Å². The molecule has 1 aromatic heterocycles. The van der Waals surface area contributed by atoms with Crippen molar-refractivity contribution < 1.29 is 23.8 Å². The number of hydrogen-bond acceptors (Lipinski definition) is 5. The number of rotatable bonds is 2. The molecule has 4 rings (SSSR count). The lowest BCUT2D eigenvalue weighted by Crippen LogP contribution is -2.42. The van der Waals surface area contributed by atoms with E-state index in [9.17, 15) is 14.7 Å². The van der Waals surface area contributed by atoms with Gasteiger partial charge >= 0.3 is 5.97 Å². The molecule has 0 saturated carbocycles. The van der Waals surface area contributed by atoms with E-state index < -0.39 is 11.4 Å². The lowest BCUT2D eigenvalue weighted by molar-refractivity contribution is -0.150. The van der Waals surface area contributed by atoms with E-state index in [1.54, 1.807) is 18.7 Å². The lowest BCUT2D eigenvalue weighted by Gasteiger charge is -2.27. The summed E-state index contributed by atoms with van der Waals surface area (Å²) in [6.45, 7) is 4.11. The van der Waals surface area contributed by atoms with Crippen LogP contribution < -0.4 is 4.74 Å². The van der Waals surface area contributed by atoms with Crippen molar-refractivity contribution >= 4 is 11.9 Å². The molecule has 1 N–H and O–H groups in total. The molecule has 2 aromatic rings. The zero-order valence-electron chi connectivity index (χ0n) is 14.7. The van der Waals surface area contributed by atoms with Crippen LogP contribution in [0.3, 0.4) is 0 Å². The fraction of sp³-hybridized carbons (Fsp3) is 0.421. The Morgan fingerprint density at radius 3 is 2.77 bits per heavy atom. The Morgan fingerprint density at radius 2 is 2.08 bits per heavy atom. The van der Waals surface area contributed by atoms with E-state index in [0.717, 1.165) is 11.3 Å². The third-order valence-electron chi connectivity index (χ3n) is 5.42. The van der Waals surface area contributed by atoms with E-state index in [0.29, 0.717) is 24.6 Å². The Kier molecular flexibility index (Phi) is 3.75. The fourth-order valence-electron chi connectivity index (χ4n) is 4.05. The molecular formula is C19H20N2O5. The molecule has 7 heteroatoms. The molecule has 1 saturated heterocycles. The van der Waals surface area contributed by atoms with Crippen LogP contribution in [0.1, 0.15) is 27.7 Å². The van der Waals surface area contributed by atoms with Gasteiger partial charge in [-0.05, 0) is 25.0 Å². The molecule has 0 spiro atoms. The highest BCUT2D eigenvalue weighted by atomic mass is 16.5. The van der Waals surface area contributed by atoms with Gasteiger partial charge in [-0.2, -0.15) is 0 Å². The van der Waals surface area contributed by atoms with E-state index in [4.69, 9.17) is 9.15 Å². The maximum Gasteiger partial charge on any atom is 0.312 e. The van der Waals surface area contributed by atoms with E-state index in [1.807, 2.05) is 24.3 Å². The molecular weight excluding hydrogens is 336 g/mol. The summed E-state index contributed by atoms with van der Waals surface area (Å²) in [5.74, 6) is -0.179. The topological polar surface area (TPSA) is 92.9 Å². The van der Waals surface area contributed by atoms with Crippen LogP contribution >= 0.6 is 0 Å². The summed E-state index contributed by atoms with van der Waals surface area (Å²) in [5.41, 5.74) is 0.314. The maximum absolute atomic E-state index is 12.9. The summed E-state index contributed by atoms with van der Waals surface area (Å²) < 4.78 is 11.3. The van der Waals surface area contributed by atoms with Crippen molar-refractivity contribution in [3.8, 4) is 5.75 Å².